The summed E-state index contributed by atoms with van der Waals surface area (Å²) < 4.78 is 0.829. The Morgan fingerprint density at radius 2 is 2.17 bits per heavy atom. The minimum Gasteiger partial charge on any atom is -0.384 e. The highest BCUT2D eigenvalue weighted by atomic mass is 127. The van der Waals surface area contributed by atoms with Gasteiger partial charge in [-0.2, -0.15) is 0 Å². The van der Waals surface area contributed by atoms with Crippen LogP contribution in [0, 0.1) is 0 Å². The molecule has 0 saturated heterocycles. The van der Waals surface area contributed by atoms with Crippen LogP contribution in [0.4, 0.5) is 5.82 Å². The van der Waals surface area contributed by atoms with Gasteiger partial charge in [-0.25, -0.2) is 15.0 Å². The number of rotatable bonds is 2. The zero-order chi connectivity index (χ0) is 12.5. The van der Waals surface area contributed by atoms with Crippen LogP contribution in [0.2, 0.25) is 0 Å². The first-order valence-corrected chi connectivity index (χ1v) is 6.92. The highest BCUT2D eigenvalue weighted by Crippen LogP contribution is 2.25. The Kier molecular flexibility index (Phi) is 2.86. The van der Waals surface area contributed by atoms with Gasteiger partial charge in [-0.15, -0.1) is 0 Å². The molecule has 0 amide bonds. The van der Waals surface area contributed by atoms with Gasteiger partial charge in [-0.05, 0) is 12.1 Å². The zero-order valence-corrected chi connectivity index (χ0v) is 11.5. The zero-order valence-electron chi connectivity index (χ0n) is 9.39. The standard InChI is InChI=1S/C12H10IN5/c13-4-7-5-15-12-11(17-7)8(6-16-12)9-2-1-3-10(14)18-9/h1-3,5-6H,4H2,(H2,14,18)(H,15,16). The van der Waals surface area contributed by atoms with Crippen LogP contribution in [0.5, 0.6) is 0 Å². The van der Waals surface area contributed by atoms with Crippen molar-refractivity contribution in [2.45, 2.75) is 4.43 Å². The predicted molar refractivity (Wildman–Crippen MR) is 79.3 cm³/mol. The maximum Gasteiger partial charge on any atom is 0.156 e. The molecule has 3 heterocycles. The van der Waals surface area contributed by atoms with Crippen LogP contribution >= 0.6 is 22.6 Å². The third-order valence-electron chi connectivity index (χ3n) is 2.61. The highest BCUT2D eigenvalue weighted by molar-refractivity contribution is 14.1. The van der Waals surface area contributed by atoms with E-state index in [2.05, 4.69) is 42.5 Å². The first-order chi connectivity index (χ1) is 8.78. The van der Waals surface area contributed by atoms with Crippen LogP contribution in [-0.2, 0) is 4.43 Å². The summed E-state index contributed by atoms with van der Waals surface area (Å²) >= 11 is 2.27. The smallest absolute Gasteiger partial charge is 0.156 e. The molecule has 3 aromatic rings. The van der Waals surface area contributed by atoms with Crippen molar-refractivity contribution in [1.29, 1.82) is 0 Å². The molecular formula is C12H10IN5. The molecule has 18 heavy (non-hydrogen) atoms. The second-order valence-corrected chi connectivity index (χ2v) is 4.61. The van der Waals surface area contributed by atoms with E-state index < -0.39 is 0 Å². The van der Waals surface area contributed by atoms with Crippen LogP contribution in [0.3, 0.4) is 0 Å². The summed E-state index contributed by atoms with van der Waals surface area (Å²) in [4.78, 5) is 16.3. The van der Waals surface area contributed by atoms with Crippen molar-refractivity contribution in [3.8, 4) is 11.3 Å². The molecule has 0 fully saturated rings. The number of pyridine rings is 1. The SMILES string of the molecule is Nc1cccc(-c2c[nH]c3ncc(CI)nc23)n1. The molecule has 3 N–H and O–H groups in total. The average Bonchev–Trinajstić information content (AvgIpc) is 2.81. The lowest BCUT2D eigenvalue weighted by atomic mass is 10.2. The molecule has 3 aromatic heterocycles. The molecule has 3 rings (SSSR count). The monoisotopic (exact) mass is 351 g/mol. The Hall–Kier alpha value is -1.70. The predicted octanol–water partition coefficient (Wildman–Crippen LogP) is 2.54. The van der Waals surface area contributed by atoms with Gasteiger partial charge in [0.05, 0.1) is 17.6 Å². The Balaban J connectivity index is 2.22. The van der Waals surface area contributed by atoms with Crippen molar-refractivity contribution in [3.05, 3.63) is 36.3 Å². The molecular weight excluding hydrogens is 341 g/mol. The van der Waals surface area contributed by atoms with Crippen LogP contribution in [0.15, 0.2) is 30.6 Å². The Morgan fingerprint density at radius 3 is 2.94 bits per heavy atom. The van der Waals surface area contributed by atoms with E-state index in [4.69, 9.17) is 5.73 Å². The van der Waals surface area contributed by atoms with E-state index >= 15 is 0 Å². The summed E-state index contributed by atoms with van der Waals surface area (Å²) in [6, 6.07) is 5.56. The van der Waals surface area contributed by atoms with E-state index in [9.17, 15) is 0 Å². The molecule has 6 heteroatoms. The highest BCUT2D eigenvalue weighted by Gasteiger charge is 2.10. The lowest BCUT2D eigenvalue weighted by molar-refractivity contribution is 1.17. The molecule has 0 saturated carbocycles. The number of aromatic nitrogens is 4. The van der Waals surface area contributed by atoms with Crippen LogP contribution in [0.25, 0.3) is 22.4 Å². The number of aromatic amines is 1. The minimum atomic E-state index is 0.500. The Morgan fingerprint density at radius 1 is 1.28 bits per heavy atom. The number of hydrogen-bond acceptors (Lipinski definition) is 4. The van der Waals surface area contributed by atoms with E-state index in [1.54, 1.807) is 12.3 Å². The van der Waals surface area contributed by atoms with Crippen LogP contribution < -0.4 is 5.73 Å². The average molecular weight is 351 g/mol. The summed E-state index contributed by atoms with van der Waals surface area (Å²) in [7, 11) is 0. The third kappa shape index (κ3) is 1.92. The summed E-state index contributed by atoms with van der Waals surface area (Å²) in [5, 5.41) is 0. The number of nitrogens with two attached hydrogens (primary N) is 1. The van der Waals surface area contributed by atoms with Crippen molar-refractivity contribution in [2.24, 2.45) is 0 Å². The number of anilines is 1. The van der Waals surface area contributed by atoms with Gasteiger partial charge < -0.3 is 10.7 Å². The quantitative estimate of drug-likeness (QED) is 0.549. The maximum atomic E-state index is 5.71. The van der Waals surface area contributed by atoms with E-state index in [0.717, 1.165) is 32.5 Å². The molecule has 5 nitrogen and oxygen atoms in total. The van der Waals surface area contributed by atoms with Gasteiger partial charge in [0, 0.05) is 16.2 Å². The van der Waals surface area contributed by atoms with Gasteiger partial charge in [-0.1, -0.05) is 28.7 Å². The van der Waals surface area contributed by atoms with Crippen molar-refractivity contribution < 1.29 is 0 Å². The van der Waals surface area contributed by atoms with Gasteiger partial charge >= 0.3 is 0 Å². The second-order valence-electron chi connectivity index (χ2n) is 3.84. The van der Waals surface area contributed by atoms with Crippen molar-refractivity contribution in [2.75, 3.05) is 5.73 Å². The van der Waals surface area contributed by atoms with Crippen molar-refractivity contribution >= 4 is 39.6 Å². The fourth-order valence-corrected chi connectivity index (χ4v) is 2.16. The molecule has 0 atom stereocenters. The maximum absolute atomic E-state index is 5.71. The number of alkyl halides is 1. The molecule has 0 bridgehead atoms. The minimum absolute atomic E-state index is 0.500. The molecule has 0 aliphatic carbocycles. The topological polar surface area (TPSA) is 80.5 Å². The largest absolute Gasteiger partial charge is 0.384 e. The first kappa shape index (κ1) is 11.4. The van der Waals surface area contributed by atoms with Crippen LogP contribution in [-0.4, -0.2) is 19.9 Å². The molecule has 0 unspecified atom stereocenters. The first-order valence-electron chi connectivity index (χ1n) is 5.40. The molecule has 90 valence electrons. The van der Waals surface area contributed by atoms with E-state index in [1.807, 2.05) is 18.3 Å². The number of nitrogen functional groups attached to an aromatic ring is 1. The van der Waals surface area contributed by atoms with E-state index in [0.29, 0.717) is 5.82 Å². The molecule has 0 aromatic carbocycles. The van der Waals surface area contributed by atoms with Crippen molar-refractivity contribution in [3.63, 3.8) is 0 Å². The summed E-state index contributed by atoms with van der Waals surface area (Å²) in [6.45, 7) is 0. The lowest BCUT2D eigenvalue weighted by Gasteiger charge is -2.00. The number of nitrogens with zero attached hydrogens (tertiary/aromatic N) is 3. The molecule has 0 radical (unpaired) electrons. The Labute approximate surface area is 117 Å². The van der Waals surface area contributed by atoms with Gasteiger partial charge in [0.25, 0.3) is 0 Å². The third-order valence-corrected chi connectivity index (χ3v) is 3.40. The number of fused-ring (bicyclic) bond motifs is 1. The van der Waals surface area contributed by atoms with Gasteiger partial charge in [0.2, 0.25) is 0 Å². The number of halogens is 1. The summed E-state index contributed by atoms with van der Waals surface area (Å²) in [5.74, 6) is 0.500. The van der Waals surface area contributed by atoms with Gasteiger partial charge in [0.15, 0.2) is 5.65 Å². The number of hydrogen-bond donors (Lipinski definition) is 2. The fraction of sp³-hybridized carbons (Fsp3) is 0.0833. The van der Waals surface area contributed by atoms with Crippen LogP contribution in [0.1, 0.15) is 5.69 Å². The van der Waals surface area contributed by atoms with Gasteiger partial charge in [-0.3, -0.25) is 0 Å². The van der Waals surface area contributed by atoms with E-state index in [1.165, 1.54) is 0 Å². The lowest BCUT2D eigenvalue weighted by Crippen LogP contribution is -1.92. The number of nitrogens with one attached hydrogen (secondary N) is 1. The van der Waals surface area contributed by atoms with Crippen molar-refractivity contribution in [1.82, 2.24) is 19.9 Å². The molecule has 0 aliphatic heterocycles. The Bertz CT molecular complexity index is 707. The summed E-state index contributed by atoms with van der Waals surface area (Å²) in [5.41, 5.74) is 9.99. The summed E-state index contributed by atoms with van der Waals surface area (Å²) in [6.07, 6.45) is 3.64. The van der Waals surface area contributed by atoms with E-state index in [-0.39, 0.29) is 0 Å². The molecule has 0 spiro atoms. The second kappa shape index (κ2) is 4.52. The normalized spacial score (nSPS) is 10.9. The molecule has 0 aliphatic rings. The fourth-order valence-electron chi connectivity index (χ4n) is 1.79. The van der Waals surface area contributed by atoms with Gasteiger partial charge in [0.1, 0.15) is 11.3 Å². The number of H-pyrrole nitrogens is 1.